The number of fused-ring (bicyclic) bond motifs is 3. The molecule has 1 N–H and O–H groups in total. The van der Waals surface area contributed by atoms with Crippen LogP contribution >= 0.6 is 18.9 Å². The van der Waals surface area contributed by atoms with Gasteiger partial charge >= 0.3 is 13.7 Å². The third-order valence-corrected chi connectivity index (χ3v) is 9.06. The quantitative estimate of drug-likeness (QED) is 0.207. The SMILES string of the molecule is CC(C)OP(=O)(OC(C)C)C(=NC1c2ccccc2-c2ccccc21)C(NC(=O)OC(C)(C)C)c1cccs1. The number of benzene rings is 2. The first-order valence-corrected chi connectivity index (χ1v) is 15.6. The lowest BCUT2D eigenvalue weighted by Gasteiger charge is -2.30. The van der Waals surface area contributed by atoms with Gasteiger partial charge in [-0.3, -0.25) is 9.56 Å². The van der Waals surface area contributed by atoms with Gasteiger partial charge in [-0.25, -0.2) is 4.79 Å². The van der Waals surface area contributed by atoms with Gasteiger partial charge in [0, 0.05) is 4.88 Å². The summed E-state index contributed by atoms with van der Waals surface area (Å²) in [6.45, 7) is 12.6. The zero-order chi connectivity index (χ0) is 28.4. The lowest BCUT2D eigenvalue weighted by atomic mass is 10.1. The molecule has 3 aromatic rings. The Kier molecular flexibility index (Phi) is 8.82. The second-order valence-electron chi connectivity index (χ2n) is 11.0. The summed E-state index contributed by atoms with van der Waals surface area (Å²) in [5.41, 5.74) is 3.52. The van der Waals surface area contributed by atoms with Crippen molar-refractivity contribution in [3.8, 4) is 11.1 Å². The first-order chi connectivity index (χ1) is 18.4. The maximum Gasteiger partial charge on any atom is 0.408 e. The van der Waals surface area contributed by atoms with Crippen molar-refractivity contribution in [2.75, 3.05) is 0 Å². The highest BCUT2D eigenvalue weighted by Gasteiger charge is 2.43. The first kappa shape index (κ1) is 29.2. The Labute approximate surface area is 235 Å². The van der Waals surface area contributed by atoms with Gasteiger partial charge in [-0.15, -0.1) is 11.3 Å². The molecule has 9 heteroatoms. The minimum Gasteiger partial charge on any atom is -0.444 e. The Balaban J connectivity index is 1.95. The lowest BCUT2D eigenvalue weighted by Crippen LogP contribution is -2.38. The number of rotatable bonds is 9. The highest BCUT2D eigenvalue weighted by molar-refractivity contribution is 7.72. The fourth-order valence-corrected chi connectivity index (χ4v) is 7.55. The summed E-state index contributed by atoms with van der Waals surface area (Å²) in [6, 6.07) is 18.5. The summed E-state index contributed by atoms with van der Waals surface area (Å²) in [5.74, 6) is 0. The number of alkyl carbamates (subject to hydrolysis) is 1. The van der Waals surface area contributed by atoms with E-state index in [1.807, 2.05) is 53.9 Å². The smallest absolute Gasteiger partial charge is 0.408 e. The molecule has 1 aliphatic rings. The maximum absolute atomic E-state index is 14.8. The molecule has 2 aromatic carbocycles. The fourth-order valence-electron chi connectivity index (χ4n) is 4.54. The molecule has 1 aromatic heterocycles. The van der Waals surface area contributed by atoms with Crippen molar-refractivity contribution in [3.05, 3.63) is 82.0 Å². The number of hydrogen-bond acceptors (Lipinski definition) is 7. The normalized spacial score (nSPS) is 14.8. The fraction of sp³-hybridized carbons (Fsp3) is 0.400. The molecule has 1 amide bonds. The van der Waals surface area contributed by atoms with Crippen LogP contribution in [0.5, 0.6) is 0 Å². The second kappa shape index (κ2) is 11.8. The molecule has 1 aliphatic carbocycles. The summed E-state index contributed by atoms with van der Waals surface area (Å²) in [7, 11) is -4.04. The maximum atomic E-state index is 14.8. The molecule has 1 heterocycles. The van der Waals surface area contributed by atoms with Crippen molar-refractivity contribution in [1.29, 1.82) is 0 Å². The zero-order valence-electron chi connectivity index (χ0n) is 23.5. The van der Waals surface area contributed by atoms with Gasteiger partial charge in [-0.05, 0) is 82.2 Å². The van der Waals surface area contributed by atoms with Gasteiger partial charge in [0.05, 0.1) is 12.2 Å². The molecular weight excluding hydrogens is 531 g/mol. The summed E-state index contributed by atoms with van der Waals surface area (Å²) in [4.78, 5) is 19.0. The van der Waals surface area contributed by atoms with Crippen LogP contribution in [0.3, 0.4) is 0 Å². The molecule has 0 saturated heterocycles. The van der Waals surface area contributed by atoms with Gasteiger partial charge in [0.2, 0.25) is 0 Å². The van der Waals surface area contributed by atoms with E-state index in [1.165, 1.54) is 11.3 Å². The molecule has 0 saturated carbocycles. The van der Waals surface area contributed by atoms with E-state index in [0.29, 0.717) is 0 Å². The number of nitrogens with zero attached hydrogens (tertiary/aromatic N) is 1. The van der Waals surface area contributed by atoms with Crippen molar-refractivity contribution in [2.24, 2.45) is 4.99 Å². The van der Waals surface area contributed by atoms with E-state index in [4.69, 9.17) is 18.8 Å². The van der Waals surface area contributed by atoms with Crippen LogP contribution < -0.4 is 5.32 Å². The van der Waals surface area contributed by atoms with Crippen molar-refractivity contribution in [3.63, 3.8) is 0 Å². The largest absolute Gasteiger partial charge is 0.444 e. The van der Waals surface area contributed by atoms with Crippen LogP contribution in [0.1, 0.15) is 76.6 Å². The monoisotopic (exact) mass is 568 g/mol. The van der Waals surface area contributed by atoms with Crippen LogP contribution in [0, 0.1) is 0 Å². The zero-order valence-corrected chi connectivity index (χ0v) is 25.2. The van der Waals surface area contributed by atoms with Crippen LogP contribution in [0.4, 0.5) is 4.79 Å². The second-order valence-corrected chi connectivity index (χ2v) is 13.8. The highest BCUT2D eigenvalue weighted by Crippen LogP contribution is 2.57. The average Bonchev–Trinajstić information content (AvgIpc) is 3.46. The number of aliphatic imine (C=N–C) groups is 1. The average molecular weight is 569 g/mol. The molecule has 0 radical (unpaired) electrons. The van der Waals surface area contributed by atoms with Crippen LogP contribution in [0.2, 0.25) is 0 Å². The molecule has 0 spiro atoms. The summed E-state index contributed by atoms with van der Waals surface area (Å²) in [5, 5.41) is 4.83. The number of carbonyl (C=O) groups excluding carboxylic acids is 1. The van der Waals surface area contributed by atoms with Crippen molar-refractivity contribution in [2.45, 2.75) is 78.4 Å². The molecule has 4 rings (SSSR count). The first-order valence-electron chi connectivity index (χ1n) is 13.1. The molecule has 208 valence electrons. The Bertz CT molecular complexity index is 1320. The third kappa shape index (κ3) is 6.87. The van der Waals surface area contributed by atoms with Crippen LogP contribution in [0.25, 0.3) is 11.1 Å². The number of nitrogens with one attached hydrogen (secondary N) is 1. The summed E-state index contributed by atoms with van der Waals surface area (Å²) < 4.78 is 32.5. The molecule has 39 heavy (non-hydrogen) atoms. The van der Waals surface area contributed by atoms with E-state index in [1.54, 1.807) is 48.5 Å². The molecule has 0 bridgehead atoms. The molecule has 0 aliphatic heterocycles. The minimum atomic E-state index is -4.04. The van der Waals surface area contributed by atoms with Crippen LogP contribution in [0.15, 0.2) is 71.0 Å². The van der Waals surface area contributed by atoms with Gasteiger partial charge in [0.1, 0.15) is 17.7 Å². The molecule has 7 nitrogen and oxygen atoms in total. The van der Waals surface area contributed by atoms with Crippen LogP contribution in [-0.4, -0.2) is 29.4 Å². The topological polar surface area (TPSA) is 86.2 Å². The van der Waals surface area contributed by atoms with E-state index in [-0.39, 0.29) is 5.45 Å². The Morgan fingerprint density at radius 2 is 1.44 bits per heavy atom. The molecule has 0 fully saturated rings. The number of carbonyl (C=O) groups is 1. The van der Waals surface area contributed by atoms with Gasteiger partial charge in [-0.1, -0.05) is 54.6 Å². The van der Waals surface area contributed by atoms with Gasteiger partial charge in [0.25, 0.3) is 0 Å². The van der Waals surface area contributed by atoms with E-state index in [0.717, 1.165) is 27.1 Å². The number of ether oxygens (including phenoxy) is 1. The van der Waals surface area contributed by atoms with E-state index in [2.05, 4.69) is 17.4 Å². The summed E-state index contributed by atoms with van der Waals surface area (Å²) >= 11 is 1.42. The van der Waals surface area contributed by atoms with Crippen molar-refractivity contribution < 1.29 is 23.1 Å². The van der Waals surface area contributed by atoms with Crippen molar-refractivity contribution in [1.82, 2.24) is 5.32 Å². The Morgan fingerprint density at radius 1 is 0.897 bits per heavy atom. The Hall–Kier alpha value is -2.77. The predicted octanol–water partition coefficient (Wildman–Crippen LogP) is 8.53. The van der Waals surface area contributed by atoms with Crippen LogP contribution in [-0.2, 0) is 18.3 Å². The van der Waals surface area contributed by atoms with Crippen molar-refractivity contribution >= 4 is 30.5 Å². The van der Waals surface area contributed by atoms with E-state index in [9.17, 15) is 9.36 Å². The predicted molar refractivity (Wildman–Crippen MR) is 158 cm³/mol. The number of amides is 1. The standard InChI is InChI=1S/C30H37N2O5PS/c1-19(2)36-38(34,37-20(3)4)28(27(25-17-12-18-39-25)32-29(33)35-30(5,6)7)31-26-23-15-10-8-13-21(23)22-14-9-11-16-24(22)26/h8-20,26-27H,1-7H3,(H,32,33). The van der Waals surface area contributed by atoms with Gasteiger partial charge in [-0.2, -0.15) is 0 Å². The lowest BCUT2D eigenvalue weighted by molar-refractivity contribution is 0.0518. The molecule has 1 unspecified atom stereocenters. The minimum absolute atomic E-state index is 0.134. The Morgan fingerprint density at radius 3 is 1.90 bits per heavy atom. The number of hydrogen-bond donors (Lipinski definition) is 1. The van der Waals surface area contributed by atoms with E-state index < -0.39 is 43.6 Å². The summed E-state index contributed by atoms with van der Waals surface area (Å²) in [6.07, 6.45) is -1.50. The molecule has 1 atom stereocenters. The highest BCUT2D eigenvalue weighted by atomic mass is 32.1. The van der Waals surface area contributed by atoms with E-state index >= 15 is 0 Å². The van der Waals surface area contributed by atoms with Gasteiger partial charge < -0.3 is 19.1 Å². The molecular formula is C30H37N2O5PS. The van der Waals surface area contributed by atoms with Gasteiger partial charge in [0.15, 0.2) is 5.45 Å². The third-order valence-electron chi connectivity index (χ3n) is 5.79. The number of thiophene rings is 1.